The normalized spacial score (nSPS) is 15.1. The van der Waals surface area contributed by atoms with E-state index in [4.69, 9.17) is 0 Å². The summed E-state index contributed by atoms with van der Waals surface area (Å²) in [7, 11) is -3.28. The molecule has 0 saturated heterocycles. The second-order valence-corrected chi connectivity index (χ2v) is 5.44. The Hall–Kier alpha value is -0.130. The van der Waals surface area contributed by atoms with Gasteiger partial charge in [0.05, 0.1) is 0 Å². The van der Waals surface area contributed by atoms with Crippen molar-refractivity contribution in [2.75, 3.05) is 13.1 Å². The van der Waals surface area contributed by atoms with Crippen LogP contribution in [0.4, 0.5) is 0 Å². The van der Waals surface area contributed by atoms with Crippen LogP contribution in [0, 0.1) is 5.92 Å². The van der Waals surface area contributed by atoms with Crippen LogP contribution in [0.25, 0.3) is 0 Å². The van der Waals surface area contributed by atoms with Crippen LogP contribution in [0.15, 0.2) is 0 Å². The van der Waals surface area contributed by atoms with E-state index < -0.39 is 10.2 Å². The molecule has 4 nitrogen and oxygen atoms in total. The van der Waals surface area contributed by atoms with E-state index in [1.807, 2.05) is 34.6 Å². The van der Waals surface area contributed by atoms with Gasteiger partial charge in [-0.25, -0.2) is 0 Å². The number of hydrogen-bond acceptors (Lipinski definition) is 2. The molecule has 0 rings (SSSR count). The Balaban J connectivity index is 4.48. The van der Waals surface area contributed by atoms with Gasteiger partial charge in [-0.05, 0) is 12.8 Å². The molecule has 5 heteroatoms. The molecule has 1 unspecified atom stereocenters. The average Bonchev–Trinajstić information content (AvgIpc) is 2.04. The molecule has 0 spiro atoms. The zero-order chi connectivity index (χ0) is 11.4. The topological polar surface area (TPSA) is 49.4 Å². The molecule has 0 aliphatic heterocycles. The Labute approximate surface area is 87.9 Å². The van der Waals surface area contributed by atoms with Gasteiger partial charge in [0, 0.05) is 19.1 Å². The first kappa shape index (κ1) is 13.9. The van der Waals surface area contributed by atoms with Crippen molar-refractivity contribution in [3.63, 3.8) is 0 Å². The Morgan fingerprint density at radius 2 is 1.57 bits per heavy atom. The van der Waals surface area contributed by atoms with E-state index in [0.29, 0.717) is 19.0 Å². The van der Waals surface area contributed by atoms with Crippen LogP contribution in [0.3, 0.4) is 0 Å². The van der Waals surface area contributed by atoms with Crippen LogP contribution >= 0.6 is 0 Å². The van der Waals surface area contributed by atoms with Crippen molar-refractivity contribution in [3.05, 3.63) is 0 Å². The maximum absolute atomic E-state index is 11.7. The first-order valence-corrected chi connectivity index (χ1v) is 6.56. The van der Waals surface area contributed by atoms with E-state index in [2.05, 4.69) is 4.72 Å². The third-order valence-corrected chi connectivity index (χ3v) is 4.25. The van der Waals surface area contributed by atoms with Crippen LogP contribution in [-0.4, -0.2) is 31.9 Å². The predicted molar refractivity (Wildman–Crippen MR) is 59.3 cm³/mol. The standard InChI is InChI=1S/C9H22N2O2S/c1-6-11(7-2)14(12,13)10-9(5)8(3)4/h8-10H,6-7H2,1-5H3. The van der Waals surface area contributed by atoms with Crippen molar-refractivity contribution < 1.29 is 8.42 Å². The van der Waals surface area contributed by atoms with Crippen LogP contribution in [0.2, 0.25) is 0 Å². The van der Waals surface area contributed by atoms with Crippen LogP contribution in [-0.2, 0) is 10.2 Å². The lowest BCUT2D eigenvalue weighted by molar-refractivity contribution is 0.409. The molecule has 0 saturated carbocycles. The van der Waals surface area contributed by atoms with Gasteiger partial charge in [-0.15, -0.1) is 0 Å². The molecule has 1 atom stereocenters. The molecule has 0 aromatic carbocycles. The van der Waals surface area contributed by atoms with Crippen molar-refractivity contribution in [3.8, 4) is 0 Å². The van der Waals surface area contributed by atoms with Crippen molar-refractivity contribution in [2.45, 2.75) is 40.7 Å². The van der Waals surface area contributed by atoms with Gasteiger partial charge in [0.15, 0.2) is 0 Å². The highest BCUT2D eigenvalue weighted by molar-refractivity contribution is 7.87. The lowest BCUT2D eigenvalue weighted by Gasteiger charge is -2.23. The predicted octanol–water partition coefficient (Wildman–Crippen LogP) is 1.21. The summed E-state index contributed by atoms with van der Waals surface area (Å²) in [5.41, 5.74) is 0. The van der Waals surface area contributed by atoms with Gasteiger partial charge in [0.25, 0.3) is 10.2 Å². The third-order valence-electron chi connectivity index (χ3n) is 2.38. The number of nitrogens with one attached hydrogen (secondary N) is 1. The SMILES string of the molecule is CCN(CC)S(=O)(=O)NC(C)C(C)C. The Kier molecular flexibility index (Phi) is 5.63. The minimum Gasteiger partial charge on any atom is -0.199 e. The maximum atomic E-state index is 11.7. The molecular weight excluding hydrogens is 200 g/mol. The van der Waals surface area contributed by atoms with Crippen LogP contribution in [0.1, 0.15) is 34.6 Å². The van der Waals surface area contributed by atoms with Crippen molar-refractivity contribution in [2.24, 2.45) is 5.92 Å². The van der Waals surface area contributed by atoms with Crippen molar-refractivity contribution in [1.82, 2.24) is 9.03 Å². The molecule has 0 bridgehead atoms. The number of rotatable bonds is 6. The maximum Gasteiger partial charge on any atom is 0.279 e. The van der Waals surface area contributed by atoms with Gasteiger partial charge in [-0.3, -0.25) is 0 Å². The first-order valence-electron chi connectivity index (χ1n) is 5.12. The quantitative estimate of drug-likeness (QED) is 0.734. The molecule has 0 heterocycles. The van der Waals surface area contributed by atoms with Gasteiger partial charge >= 0.3 is 0 Å². The molecule has 0 fully saturated rings. The second-order valence-electron chi connectivity index (χ2n) is 3.74. The fraction of sp³-hybridized carbons (Fsp3) is 1.00. The van der Waals surface area contributed by atoms with Crippen LogP contribution < -0.4 is 4.72 Å². The molecule has 0 aromatic rings. The van der Waals surface area contributed by atoms with E-state index in [-0.39, 0.29) is 6.04 Å². The van der Waals surface area contributed by atoms with Gasteiger partial charge in [-0.1, -0.05) is 27.7 Å². The molecule has 0 aliphatic rings. The minimum absolute atomic E-state index is 0.0272. The van der Waals surface area contributed by atoms with Gasteiger partial charge < -0.3 is 0 Å². The summed E-state index contributed by atoms with van der Waals surface area (Å²) < 4.78 is 27.5. The summed E-state index contributed by atoms with van der Waals surface area (Å²) in [5, 5.41) is 0. The second kappa shape index (κ2) is 5.68. The molecule has 14 heavy (non-hydrogen) atoms. The van der Waals surface area contributed by atoms with E-state index in [1.54, 1.807) is 0 Å². The molecule has 0 aliphatic carbocycles. The summed E-state index contributed by atoms with van der Waals surface area (Å²) in [6, 6.07) is -0.0272. The minimum atomic E-state index is -3.28. The summed E-state index contributed by atoms with van der Waals surface area (Å²) in [5.74, 6) is 0.306. The van der Waals surface area contributed by atoms with E-state index >= 15 is 0 Å². The van der Waals surface area contributed by atoms with Crippen LogP contribution in [0.5, 0.6) is 0 Å². The van der Waals surface area contributed by atoms with Gasteiger partial charge in [0.1, 0.15) is 0 Å². The number of nitrogens with zero attached hydrogens (tertiary/aromatic N) is 1. The lowest BCUT2D eigenvalue weighted by Crippen LogP contribution is -2.45. The highest BCUT2D eigenvalue weighted by Crippen LogP contribution is 2.04. The fourth-order valence-corrected chi connectivity index (χ4v) is 2.58. The summed E-state index contributed by atoms with van der Waals surface area (Å²) >= 11 is 0. The zero-order valence-corrected chi connectivity index (χ0v) is 10.6. The van der Waals surface area contributed by atoms with Crippen molar-refractivity contribution in [1.29, 1.82) is 0 Å². The molecular formula is C9H22N2O2S. The fourth-order valence-electron chi connectivity index (χ4n) is 1.01. The molecule has 0 amide bonds. The first-order chi connectivity index (χ1) is 6.35. The van der Waals surface area contributed by atoms with Crippen molar-refractivity contribution >= 4 is 10.2 Å². The molecule has 0 radical (unpaired) electrons. The van der Waals surface area contributed by atoms with E-state index in [1.165, 1.54) is 4.31 Å². The van der Waals surface area contributed by atoms with E-state index in [0.717, 1.165) is 0 Å². The Morgan fingerprint density at radius 3 is 1.86 bits per heavy atom. The Morgan fingerprint density at radius 1 is 1.14 bits per heavy atom. The highest BCUT2D eigenvalue weighted by atomic mass is 32.2. The lowest BCUT2D eigenvalue weighted by atomic mass is 10.1. The van der Waals surface area contributed by atoms with Gasteiger partial charge in [0.2, 0.25) is 0 Å². The van der Waals surface area contributed by atoms with E-state index in [9.17, 15) is 8.42 Å². The average molecular weight is 222 g/mol. The summed E-state index contributed by atoms with van der Waals surface area (Å²) in [4.78, 5) is 0. The monoisotopic (exact) mass is 222 g/mol. The highest BCUT2D eigenvalue weighted by Gasteiger charge is 2.21. The third kappa shape index (κ3) is 3.94. The smallest absolute Gasteiger partial charge is 0.199 e. The zero-order valence-electron chi connectivity index (χ0n) is 9.74. The summed E-state index contributed by atoms with van der Waals surface area (Å²) in [6.07, 6.45) is 0. The van der Waals surface area contributed by atoms with Gasteiger partial charge in [-0.2, -0.15) is 17.4 Å². The summed E-state index contributed by atoms with van der Waals surface area (Å²) in [6.45, 7) is 10.6. The largest absolute Gasteiger partial charge is 0.279 e. The molecule has 0 aromatic heterocycles. The molecule has 1 N–H and O–H groups in total. The Bertz CT molecular complexity index is 246. The molecule has 86 valence electrons. The number of hydrogen-bond donors (Lipinski definition) is 1.